The average Bonchev–Trinajstić information content (AvgIpc) is 3.66. The van der Waals surface area contributed by atoms with Gasteiger partial charge in [-0.15, -0.1) is 11.3 Å². The normalized spacial score (nSPS) is 12.1. The Morgan fingerprint density at radius 1 is 1.10 bits per heavy atom. The second kappa shape index (κ2) is 12.4. The molecular weight excluding hydrogens is 552 g/mol. The van der Waals surface area contributed by atoms with Gasteiger partial charge in [0.25, 0.3) is 11.8 Å². The number of esters is 1. The number of thiophene rings is 1. The van der Waals surface area contributed by atoms with Crippen LogP contribution < -0.4 is 16.0 Å². The average molecular weight is 583 g/mol. The van der Waals surface area contributed by atoms with Gasteiger partial charge in [0.2, 0.25) is 5.91 Å². The molecule has 40 heavy (non-hydrogen) atoms. The van der Waals surface area contributed by atoms with Crippen LogP contribution in [0.4, 0.5) is 5.13 Å². The number of carbonyl (C=O) groups excluding carboxylic acids is 4. The van der Waals surface area contributed by atoms with Crippen molar-refractivity contribution in [2.24, 2.45) is 5.41 Å². The molecule has 3 heterocycles. The molecule has 4 N–H and O–H groups in total. The van der Waals surface area contributed by atoms with Crippen molar-refractivity contribution in [3.05, 3.63) is 62.9 Å². The Hall–Kier alpha value is -4.10. The summed E-state index contributed by atoms with van der Waals surface area (Å²) >= 11 is 2.26. The first-order valence-corrected chi connectivity index (χ1v) is 14.2. The van der Waals surface area contributed by atoms with Gasteiger partial charge in [0, 0.05) is 11.9 Å². The van der Waals surface area contributed by atoms with E-state index in [9.17, 15) is 19.2 Å². The van der Waals surface area contributed by atoms with E-state index in [0.717, 1.165) is 27.8 Å². The monoisotopic (exact) mass is 582 g/mol. The number of amides is 3. The van der Waals surface area contributed by atoms with E-state index in [1.54, 1.807) is 30.6 Å². The second-order valence-electron chi connectivity index (χ2n) is 10.3. The van der Waals surface area contributed by atoms with Crippen molar-refractivity contribution in [1.29, 1.82) is 0 Å². The van der Waals surface area contributed by atoms with Gasteiger partial charge in [-0.3, -0.25) is 19.5 Å². The summed E-state index contributed by atoms with van der Waals surface area (Å²) in [4.78, 5) is 56.2. The van der Waals surface area contributed by atoms with E-state index in [-0.39, 0.29) is 46.8 Å². The summed E-state index contributed by atoms with van der Waals surface area (Å²) in [6, 6.07) is 7.84. The molecule has 210 valence electrons. The van der Waals surface area contributed by atoms with Crippen molar-refractivity contribution in [2.45, 2.75) is 40.2 Å². The number of rotatable bonds is 10. The maximum atomic E-state index is 13.2. The van der Waals surface area contributed by atoms with Crippen LogP contribution in [0.15, 0.2) is 41.9 Å². The van der Waals surface area contributed by atoms with Crippen molar-refractivity contribution in [3.8, 4) is 0 Å². The van der Waals surface area contributed by atoms with Gasteiger partial charge in [-0.25, -0.2) is 9.78 Å². The summed E-state index contributed by atoms with van der Waals surface area (Å²) in [6.45, 7) is 7.36. The maximum absolute atomic E-state index is 13.2. The fourth-order valence-electron chi connectivity index (χ4n) is 3.68. The Morgan fingerprint density at radius 3 is 2.62 bits per heavy atom. The Bertz CT molecular complexity index is 1520. The minimum absolute atomic E-state index is 0.0999. The van der Waals surface area contributed by atoms with E-state index in [0.29, 0.717) is 10.6 Å². The van der Waals surface area contributed by atoms with Crippen LogP contribution in [0.3, 0.4) is 0 Å². The van der Waals surface area contributed by atoms with Gasteiger partial charge in [-0.1, -0.05) is 50.3 Å². The highest BCUT2D eigenvalue weighted by Crippen LogP contribution is 2.24. The number of aryl methyl sites for hydroxylation is 1. The highest BCUT2D eigenvalue weighted by atomic mass is 32.1. The molecule has 0 spiro atoms. The minimum Gasteiger partial charge on any atom is -0.464 e. The number of anilines is 1. The number of nitrogens with one attached hydrogen (secondary N) is 4. The van der Waals surface area contributed by atoms with Gasteiger partial charge >= 0.3 is 5.97 Å². The molecule has 1 atom stereocenters. The van der Waals surface area contributed by atoms with Gasteiger partial charge in [0.15, 0.2) is 5.13 Å². The molecule has 0 aliphatic rings. The molecule has 13 heteroatoms. The second-order valence-corrected chi connectivity index (χ2v) is 12.2. The van der Waals surface area contributed by atoms with E-state index >= 15 is 0 Å². The lowest BCUT2D eigenvalue weighted by Gasteiger charge is -2.22. The standard InChI is InChI=1S/C27H30N6O5S2/c1-15-22(40-26(30-15)32-21(34)11-16-7-5-8-18-17(16)12-29-33-18)24(36)31-19(25(37)38-14-27(2,3)4)13-28-23(35)20-9-6-10-39-20/h5-10,12,19H,11,13-14H2,1-4H3,(H,28,35)(H,29,33)(H,31,36)(H,30,32,34). The van der Waals surface area contributed by atoms with Crippen molar-refractivity contribution in [3.63, 3.8) is 0 Å². The molecule has 1 unspecified atom stereocenters. The first-order valence-electron chi connectivity index (χ1n) is 12.5. The topological polar surface area (TPSA) is 155 Å². The smallest absolute Gasteiger partial charge is 0.330 e. The lowest BCUT2D eigenvalue weighted by atomic mass is 9.99. The van der Waals surface area contributed by atoms with Gasteiger partial charge < -0.3 is 20.7 Å². The number of benzene rings is 1. The van der Waals surface area contributed by atoms with E-state index in [4.69, 9.17) is 4.74 Å². The first kappa shape index (κ1) is 28.9. The molecule has 0 fully saturated rings. The van der Waals surface area contributed by atoms with Gasteiger partial charge in [0.05, 0.1) is 35.3 Å². The molecule has 0 aliphatic heterocycles. The zero-order chi connectivity index (χ0) is 28.9. The number of hydrogen-bond acceptors (Lipinski definition) is 9. The third-order valence-corrected chi connectivity index (χ3v) is 7.56. The lowest BCUT2D eigenvalue weighted by molar-refractivity contribution is -0.148. The Morgan fingerprint density at radius 2 is 1.90 bits per heavy atom. The third-order valence-electron chi connectivity index (χ3n) is 5.62. The van der Waals surface area contributed by atoms with Crippen LogP contribution in [-0.4, -0.2) is 58.1 Å². The van der Waals surface area contributed by atoms with Crippen LogP contribution in [0, 0.1) is 12.3 Å². The summed E-state index contributed by atoms with van der Waals surface area (Å²) in [6.07, 6.45) is 1.77. The molecule has 4 rings (SSSR count). The quantitative estimate of drug-likeness (QED) is 0.208. The number of aromatic amines is 1. The molecule has 3 aromatic heterocycles. The first-order chi connectivity index (χ1) is 19.0. The number of thiazole rings is 1. The molecule has 4 aromatic rings. The van der Waals surface area contributed by atoms with E-state index in [1.165, 1.54) is 11.3 Å². The van der Waals surface area contributed by atoms with Crippen molar-refractivity contribution in [1.82, 2.24) is 25.8 Å². The highest BCUT2D eigenvalue weighted by Gasteiger charge is 2.27. The Labute approximate surface area is 238 Å². The van der Waals surface area contributed by atoms with E-state index < -0.39 is 17.9 Å². The van der Waals surface area contributed by atoms with Crippen LogP contribution in [0.1, 0.15) is 51.4 Å². The summed E-state index contributed by atoms with van der Waals surface area (Å²) in [5, 5.41) is 17.8. The summed E-state index contributed by atoms with van der Waals surface area (Å²) in [5.74, 6) is -1.89. The van der Waals surface area contributed by atoms with Crippen LogP contribution in [0.5, 0.6) is 0 Å². The molecule has 0 radical (unpaired) electrons. The molecule has 0 saturated heterocycles. The van der Waals surface area contributed by atoms with Crippen molar-refractivity contribution >= 4 is 62.4 Å². The fourth-order valence-corrected chi connectivity index (χ4v) is 5.20. The van der Waals surface area contributed by atoms with Crippen molar-refractivity contribution in [2.75, 3.05) is 18.5 Å². The molecule has 0 bridgehead atoms. The summed E-state index contributed by atoms with van der Waals surface area (Å²) in [7, 11) is 0. The van der Waals surface area contributed by atoms with Crippen LogP contribution in [0.2, 0.25) is 0 Å². The zero-order valence-electron chi connectivity index (χ0n) is 22.5. The predicted octanol–water partition coefficient (Wildman–Crippen LogP) is 3.69. The molecule has 11 nitrogen and oxygen atoms in total. The number of nitrogens with zero attached hydrogens (tertiary/aromatic N) is 2. The van der Waals surface area contributed by atoms with Gasteiger partial charge in [-0.2, -0.15) is 5.10 Å². The van der Waals surface area contributed by atoms with Gasteiger partial charge in [0.1, 0.15) is 10.9 Å². The molecule has 0 aliphatic carbocycles. The molecule has 0 saturated carbocycles. The van der Waals surface area contributed by atoms with Crippen LogP contribution in [0.25, 0.3) is 10.9 Å². The predicted molar refractivity (Wildman–Crippen MR) is 154 cm³/mol. The van der Waals surface area contributed by atoms with Crippen LogP contribution >= 0.6 is 22.7 Å². The van der Waals surface area contributed by atoms with E-state index in [1.807, 2.05) is 39.0 Å². The summed E-state index contributed by atoms with van der Waals surface area (Å²) < 4.78 is 5.42. The highest BCUT2D eigenvalue weighted by molar-refractivity contribution is 7.17. The van der Waals surface area contributed by atoms with Crippen molar-refractivity contribution < 1.29 is 23.9 Å². The number of ether oxygens (including phenoxy) is 1. The molecule has 3 amide bonds. The SMILES string of the molecule is Cc1nc(NC(=O)Cc2cccc3[nH]ncc23)sc1C(=O)NC(CNC(=O)c1cccs1)C(=O)OCC(C)(C)C. The van der Waals surface area contributed by atoms with Crippen LogP contribution in [-0.2, 0) is 20.7 Å². The number of aromatic nitrogens is 3. The third kappa shape index (κ3) is 7.51. The Balaban J connectivity index is 1.42. The zero-order valence-corrected chi connectivity index (χ0v) is 24.1. The van der Waals surface area contributed by atoms with E-state index in [2.05, 4.69) is 31.1 Å². The largest absolute Gasteiger partial charge is 0.464 e. The fraction of sp³-hybridized carbons (Fsp3) is 0.333. The number of hydrogen-bond donors (Lipinski definition) is 4. The Kier molecular flexibility index (Phi) is 8.95. The lowest BCUT2D eigenvalue weighted by Crippen LogP contribution is -2.49. The number of carbonyl (C=O) groups is 4. The molecule has 1 aromatic carbocycles. The number of H-pyrrole nitrogens is 1. The maximum Gasteiger partial charge on any atom is 0.330 e. The minimum atomic E-state index is -1.13. The van der Waals surface area contributed by atoms with Gasteiger partial charge in [-0.05, 0) is 35.4 Å². The summed E-state index contributed by atoms with van der Waals surface area (Å²) in [5.41, 5.74) is 1.74. The molecular formula is C27H30N6O5S2. The number of fused-ring (bicyclic) bond motifs is 1.